The maximum atomic E-state index is 12.5. The normalized spacial score (nSPS) is 18.4. The lowest BCUT2D eigenvalue weighted by Crippen LogP contribution is -2.42. The number of halogens is 3. The summed E-state index contributed by atoms with van der Waals surface area (Å²) < 4.78 is 37.5. The minimum Gasteiger partial charge on any atom is -0.305 e. The number of nitrogens with one attached hydrogen (secondary N) is 1. The van der Waals surface area contributed by atoms with E-state index in [2.05, 4.69) is 19.2 Å². The molecule has 1 saturated carbocycles. The third kappa shape index (κ3) is 3.50. The van der Waals surface area contributed by atoms with Gasteiger partial charge in [0.15, 0.2) is 0 Å². The third-order valence-corrected chi connectivity index (χ3v) is 3.92. The Morgan fingerprint density at radius 2 is 1.63 bits per heavy atom. The van der Waals surface area contributed by atoms with E-state index in [1.807, 2.05) is 6.92 Å². The summed E-state index contributed by atoms with van der Waals surface area (Å²) in [5.74, 6) is 0.685. The van der Waals surface area contributed by atoms with Gasteiger partial charge in [-0.05, 0) is 57.2 Å². The van der Waals surface area contributed by atoms with Gasteiger partial charge in [-0.15, -0.1) is 0 Å². The number of hydrogen-bond donors (Lipinski definition) is 1. The maximum absolute atomic E-state index is 12.5. The topological polar surface area (TPSA) is 12.0 Å². The van der Waals surface area contributed by atoms with Crippen molar-refractivity contribution in [2.24, 2.45) is 5.92 Å². The van der Waals surface area contributed by atoms with Gasteiger partial charge in [-0.25, -0.2) is 0 Å². The lowest BCUT2D eigenvalue weighted by molar-refractivity contribution is -0.137. The van der Waals surface area contributed by atoms with Crippen LogP contribution in [-0.2, 0) is 6.18 Å². The second-order valence-electron chi connectivity index (χ2n) is 5.98. The van der Waals surface area contributed by atoms with Crippen molar-refractivity contribution in [2.45, 2.75) is 51.4 Å². The van der Waals surface area contributed by atoms with Gasteiger partial charge in [-0.2, -0.15) is 13.2 Å². The zero-order valence-corrected chi connectivity index (χ0v) is 11.5. The highest BCUT2D eigenvalue weighted by atomic mass is 19.4. The summed E-state index contributed by atoms with van der Waals surface area (Å²) in [7, 11) is 0. The van der Waals surface area contributed by atoms with E-state index in [1.54, 1.807) is 12.1 Å². The van der Waals surface area contributed by atoms with Crippen LogP contribution in [0.3, 0.4) is 0 Å². The fraction of sp³-hybridized carbons (Fsp3) is 0.600. The van der Waals surface area contributed by atoms with E-state index < -0.39 is 11.7 Å². The molecule has 1 unspecified atom stereocenters. The Labute approximate surface area is 112 Å². The molecule has 106 valence electrons. The fourth-order valence-electron chi connectivity index (χ4n) is 2.52. The Bertz CT molecular complexity index is 430. The van der Waals surface area contributed by atoms with Gasteiger partial charge in [0.2, 0.25) is 0 Å². The van der Waals surface area contributed by atoms with Gasteiger partial charge >= 0.3 is 6.18 Å². The average molecular weight is 271 g/mol. The molecule has 1 aromatic carbocycles. The minimum atomic E-state index is -4.26. The molecule has 0 aromatic heterocycles. The Hall–Kier alpha value is -1.03. The Balaban J connectivity index is 2.05. The van der Waals surface area contributed by atoms with E-state index in [4.69, 9.17) is 0 Å². The lowest BCUT2D eigenvalue weighted by Gasteiger charge is -2.30. The van der Waals surface area contributed by atoms with Crippen molar-refractivity contribution >= 4 is 0 Å². The highest BCUT2D eigenvalue weighted by Crippen LogP contribution is 2.40. The van der Waals surface area contributed by atoms with Crippen molar-refractivity contribution in [1.82, 2.24) is 5.32 Å². The molecule has 0 bridgehead atoms. The first-order chi connectivity index (χ1) is 8.70. The SMILES string of the molecule is CC(NC(C)(C)C1CC1)c1ccc(C(F)(F)F)cc1. The highest BCUT2D eigenvalue weighted by Gasteiger charge is 2.38. The second-order valence-corrected chi connectivity index (χ2v) is 5.98. The van der Waals surface area contributed by atoms with E-state index in [0.717, 1.165) is 17.7 Å². The van der Waals surface area contributed by atoms with Gasteiger partial charge in [-0.1, -0.05) is 12.1 Å². The zero-order valence-electron chi connectivity index (χ0n) is 11.5. The van der Waals surface area contributed by atoms with Crippen LogP contribution in [0.5, 0.6) is 0 Å². The monoisotopic (exact) mass is 271 g/mol. The number of hydrogen-bond acceptors (Lipinski definition) is 1. The molecule has 1 nitrogen and oxygen atoms in total. The largest absolute Gasteiger partial charge is 0.416 e. The molecule has 0 radical (unpaired) electrons. The van der Waals surface area contributed by atoms with Gasteiger partial charge in [-0.3, -0.25) is 0 Å². The molecule has 0 heterocycles. The molecular formula is C15H20F3N. The van der Waals surface area contributed by atoms with Crippen LogP contribution in [0.2, 0.25) is 0 Å². The van der Waals surface area contributed by atoms with Crippen LogP contribution in [0.1, 0.15) is 50.8 Å². The van der Waals surface area contributed by atoms with Crippen LogP contribution in [0, 0.1) is 5.92 Å². The Morgan fingerprint density at radius 1 is 1.11 bits per heavy atom. The van der Waals surface area contributed by atoms with E-state index in [0.29, 0.717) is 5.92 Å². The van der Waals surface area contributed by atoms with Crippen LogP contribution in [0.25, 0.3) is 0 Å². The van der Waals surface area contributed by atoms with Crippen molar-refractivity contribution in [1.29, 1.82) is 0 Å². The van der Waals surface area contributed by atoms with Crippen molar-refractivity contribution in [2.75, 3.05) is 0 Å². The summed E-state index contributed by atoms with van der Waals surface area (Å²) in [4.78, 5) is 0. The molecule has 1 atom stereocenters. The number of rotatable bonds is 4. The molecule has 0 saturated heterocycles. The lowest BCUT2D eigenvalue weighted by atomic mass is 9.95. The van der Waals surface area contributed by atoms with Crippen LogP contribution in [0.15, 0.2) is 24.3 Å². The minimum absolute atomic E-state index is 0.0438. The maximum Gasteiger partial charge on any atom is 0.416 e. The Morgan fingerprint density at radius 3 is 2.05 bits per heavy atom. The molecule has 1 aliphatic carbocycles. The molecule has 4 heteroatoms. The van der Waals surface area contributed by atoms with E-state index in [9.17, 15) is 13.2 Å². The van der Waals surface area contributed by atoms with Gasteiger partial charge in [0.05, 0.1) is 5.56 Å². The summed E-state index contributed by atoms with van der Waals surface area (Å²) in [5.41, 5.74) is 0.342. The molecule has 1 aliphatic rings. The standard InChI is InChI=1S/C15H20F3N/c1-10(19-14(2,3)12-8-9-12)11-4-6-13(7-5-11)15(16,17)18/h4-7,10,12,19H,8-9H2,1-3H3. The van der Waals surface area contributed by atoms with Crippen molar-refractivity contribution in [3.8, 4) is 0 Å². The third-order valence-electron chi connectivity index (χ3n) is 3.92. The number of benzene rings is 1. The molecule has 19 heavy (non-hydrogen) atoms. The van der Waals surface area contributed by atoms with Crippen LogP contribution < -0.4 is 5.32 Å². The molecule has 0 amide bonds. The molecule has 2 rings (SSSR count). The van der Waals surface area contributed by atoms with Gasteiger partial charge in [0.1, 0.15) is 0 Å². The smallest absolute Gasteiger partial charge is 0.305 e. The van der Waals surface area contributed by atoms with Crippen LogP contribution in [-0.4, -0.2) is 5.54 Å². The van der Waals surface area contributed by atoms with Gasteiger partial charge in [0, 0.05) is 11.6 Å². The summed E-state index contributed by atoms with van der Waals surface area (Å²) in [5, 5.41) is 3.51. The van der Waals surface area contributed by atoms with Crippen molar-refractivity contribution in [3.63, 3.8) is 0 Å². The molecule has 1 N–H and O–H groups in total. The molecule has 1 aromatic rings. The fourth-order valence-corrected chi connectivity index (χ4v) is 2.52. The highest BCUT2D eigenvalue weighted by molar-refractivity contribution is 5.26. The average Bonchev–Trinajstić information content (AvgIpc) is 3.11. The molecular weight excluding hydrogens is 251 g/mol. The second kappa shape index (κ2) is 4.82. The summed E-state index contributed by atoms with van der Waals surface area (Å²) in [6.07, 6.45) is -1.79. The Kier molecular flexibility index (Phi) is 3.65. The quantitative estimate of drug-likeness (QED) is 0.847. The summed E-state index contributed by atoms with van der Waals surface area (Å²) >= 11 is 0. The van der Waals surface area contributed by atoms with Crippen molar-refractivity contribution in [3.05, 3.63) is 35.4 Å². The first kappa shape index (κ1) is 14.4. The van der Waals surface area contributed by atoms with Gasteiger partial charge in [0.25, 0.3) is 0 Å². The first-order valence-corrected chi connectivity index (χ1v) is 6.65. The van der Waals surface area contributed by atoms with E-state index in [1.165, 1.54) is 12.8 Å². The molecule has 1 fully saturated rings. The van der Waals surface area contributed by atoms with E-state index in [-0.39, 0.29) is 11.6 Å². The summed E-state index contributed by atoms with van der Waals surface area (Å²) in [6, 6.07) is 5.47. The molecule has 0 spiro atoms. The number of alkyl halides is 3. The van der Waals surface area contributed by atoms with Crippen LogP contribution >= 0.6 is 0 Å². The molecule has 0 aliphatic heterocycles. The predicted molar refractivity (Wildman–Crippen MR) is 69.8 cm³/mol. The summed E-state index contributed by atoms with van der Waals surface area (Å²) in [6.45, 7) is 6.31. The zero-order chi connectivity index (χ0) is 14.3. The first-order valence-electron chi connectivity index (χ1n) is 6.65. The van der Waals surface area contributed by atoms with Crippen molar-refractivity contribution < 1.29 is 13.2 Å². The van der Waals surface area contributed by atoms with Gasteiger partial charge < -0.3 is 5.32 Å². The predicted octanol–water partition coefficient (Wildman–Crippen LogP) is 4.54. The van der Waals surface area contributed by atoms with E-state index >= 15 is 0 Å². The van der Waals surface area contributed by atoms with Crippen LogP contribution in [0.4, 0.5) is 13.2 Å².